The minimum absolute atomic E-state index is 0.259. The normalized spacial score (nSPS) is 19.5. The van der Waals surface area contributed by atoms with Crippen LogP contribution in [0, 0.1) is 0 Å². The molecule has 4 heterocycles. The molecule has 3 aliphatic heterocycles. The zero-order valence-electron chi connectivity index (χ0n) is 21.5. The van der Waals surface area contributed by atoms with E-state index in [0.29, 0.717) is 6.54 Å². The minimum atomic E-state index is -0.432. The topological polar surface area (TPSA) is 68.6 Å². The largest absolute Gasteiger partial charge is 0.497 e. The number of ether oxygens (including phenoxy) is 2. The van der Waals surface area contributed by atoms with Crippen molar-refractivity contribution in [3.05, 3.63) is 54.2 Å². The predicted molar refractivity (Wildman–Crippen MR) is 140 cm³/mol. The van der Waals surface area contributed by atoms with Gasteiger partial charge >= 0.3 is 6.09 Å². The van der Waals surface area contributed by atoms with Gasteiger partial charge in [-0.25, -0.2) is 14.5 Å². The number of benzene rings is 2. The van der Waals surface area contributed by atoms with E-state index in [2.05, 4.69) is 34.7 Å². The minimum Gasteiger partial charge on any atom is -0.497 e. The molecule has 3 fully saturated rings. The van der Waals surface area contributed by atoms with E-state index in [9.17, 15) is 4.79 Å². The maximum Gasteiger partial charge on any atom is 0.415 e. The fourth-order valence-electron chi connectivity index (χ4n) is 5.56. The van der Waals surface area contributed by atoms with Gasteiger partial charge in [0, 0.05) is 62.4 Å². The highest BCUT2D eigenvalue weighted by molar-refractivity contribution is 5.90. The Morgan fingerprint density at radius 3 is 2.46 bits per heavy atom. The first-order chi connectivity index (χ1) is 18.1. The van der Waals surface area contributed by atoms with Gasteiger partial charge in [0.05, 0.1) is 24.9 Å². The second kappa shape index (κ2) is 9.89. The van der Waals surface area contributed by atoms with Gasteiger partial charge in [-0.3, -0.25) is 9.80 Å². The molecule has 0 bridgehead atoms. The summed E-state index contributed by atoms with van der Waals surface area (Å²) in [5, 5.41) is 2.65. The number of fused-ring (bicyclic) bond motifs is 1. The molecular weight excluding hydrogens is 472 g/mol. The summed E-state index contributed by atoms with van der Waals surface area (Å²) in [4.78, 5) is 27.4. The lowest BCUT2D eigenvalue weighted by atomic mass is 9.91. The van der Waals surface area contributed by atoms with Crippen molar-refractivity contribution in [1.82, 2.24) is 9.47 Å². The molecule has 0 N–H and O–H groups in total. The monoisotopic (exact) mass is 506 g/mol. The molecule has 1 amide bonds. The summed E-state index contributed by atoms with van der Waals surface area (Å²) in [5.41, 5.74) is 3.75. The van der Waals surface area contributed by atoms with Crippen LogP contribution >= 0.6 is 0 Å². The standard InChI is InChI=1S/C28H34N4O5/c1-3-4-13-30-18-21(25-10-9-24(34-2)16-26(25)30)17-29-14-11-28(12-15-29)19-31(27(33)37-28)22-5-7-23(8-6-22)32-35-20-36-32/h5-10,16,18H,3-4,11-15,17,19-20H2,1-2H3. The molecule has 0 radical (unpaired) electrons. The van der Waals surface area contributed by atoms with Crippen LogP contribution in [0.2, 0.25) is 0 Å². The molecule has 3 aromatic rings. The summed E-state index contributed by atoms with van der Waals surface area (Å²) < 4.78 is 13.8. The first kappa shape index (κ1) is 24.1. The second-order valence-corrected chi connectivity index (χ2v) is 10.1. The second-order valence-electron chi connectivity index (χ2n) is 10.1. The van der Waals surface area contributed by atoms with Crippen molar-refractivity contribution >= 4 is 28.4 Å². The highest BCUT2D eigenvalue weighted by Crippen LogP contribution is 2.37. The van der Waals surface area contributed by atoms with Gasteiger partial charge in [-0.15, -0.1) is 5.23 Å². The van der Waals surface area contributed by atoms with Crippen LogP contribution in [-0.4, -0.2) is 54.7 Å². The first-order valence-electron chi connectivity index (χ1n) is 13.1. The Morgan fingerprint density at radius 2 is 1.78 bits per heavy atom. The van der Waals surface area contributed by atoms with Gasteiger partial charge in [0.25, 0.3) is 0 Å². The molecule has 196 valence electrons. The highest BCUT2D eigenvalue weighted by atomic mass is 17.1. The van der Waals surface area contributed by atoms with Crippen LogP contribution < -0.4 is 14.9 Å². The van der Waals surface area contributed by atoms with Crippen LogP contribution in [0.5, 0.6) is 5.75 Å². The third-order valence-electron chi connectivity index (χ3n) is 7.77. The molecule has 0 atom stereocenters. The van der Waals surface area contributed by atoms with E-state index in [1.807, 2.05) is 30.3 Å². The van der Waals surface area contributed by atoms with Crippen LogP contribution in [0.1, 0.15) is 38.2 Å². The number of hydrogen-bond acceptors (Lipinski definition) is 7. The van der Waals surface area contributed by atoms with E-state index >= 15 is 0 Å². The van der Waals surface area contributed by atoms with E-state index in [4.69, 9.17) is 19.1 Å². The lowest BCUT2D eigenvalue weighted by Gasteiger charge is -2.37. The van der Waals surface area contributed by atoms with Crippen LogP contribution in [0.15, 0.2) is 48.7 Å². The molecule has 0 aliphatic carbocycles. The molecule has 9 nitrogen and oxygen atoms in total. The van der Waals surface area contributed by atoms with Gasteiger partial charge in [0.1, 0.15) is 11.4 Å². The molecule has 0 unspecified atom stereocenters. The Bertz CT molecular complexity index is 1260. The van der Waals surface area contributed by atoms with Crippen molar-refractivity contribution in [2.75, 3.05) is 43.7 Å². The SMILES string of the molecule is CCCCn1cc(CN2CCC3(CC2)CN(c2ccc(N4OCO4)cc2)C(=O)O3)c2ccc(OC)cc21. The van der Waals surface area contributed by atoms with Gasteiger partial charge < -0.3 is 14.0 Å². The Kier molecular flexibility index (Phi) is 6.44. The first-order valence-corrected chi connectivity index (χ1v) is 13.1. The number of nitrogens with zero attached hydrogens (tertiary/aromatic N) is 4. The lowest BCUT2D eigenvalue weighted by molar-refractivity contribution is -0.277. The average molecular weight is 507 g/mol. The van der Waals surface area contributed by atoms with Gasteiger partial charge in [0.15, 0.2) is 0 Å². The van der Waals surface area contributed by atoms with E-state index in [1.165, 1.54) is 21.7 Å². The molecule has 6 rings (SSSR count). The molecule has 3 aliphatic rings. The zero-order chi connectivity index (χ0) is 25.4. The smallest absolute Gasteiger partial charge is 0.415 e. The average Bonchev–Trinajstić information content (AvgIpc) is 3.40. The maximum absolute atomic E-state index is 12.8. The number of unbranched alkanes of at least 4 members (excludes halogenated alkanes) is 1. The van der Waals surface area contributed by atoms with Crippen molar-refractivity contribution in [1.29, 1.82) is 0 Å². The summed E-state index contributed by atoms with van der Waals surface area (Å²) in [5.74, 6) is 0.888. The number of methoxy groups -OCH3 is 1. The van der Waals surface area contributed by atoms with E-state index in [0.717, 1.165) is 69.0 Å². The van der Waals surface area contributed by atoms with Crippen molar-refractivity contribution < 1.29 is 23.9 Å². The highest BCUT2D eigenvalue weighted by Gasteiger charge is 2.47. The fourth-order valence-corrected chi connectivity index (χ4v) is 5.56. The lowest BCUT2D eigenvalue weighted by Crippen LogP contribution is -2.46. The number of piperidine rings is 1. The van der Waals surface area contributed by atoms with Gasteiger partial charge in [-0.2, -0.15) is 0 Å². The van der Waals surface area contributed by atoms with Crippen LogP contribution in [0.3, 0.4) is 0 Å². The molecule has 0 saturated carbocycles. The molecule has 2 aromatic carbocycles. The molecular formula is C28H34N4O5. The number of carbonyl (C=O) groups excluding carboxylic acids is 1. The van der Waals surface area contributed by atoms with Crippen molar-refractivity contribution in [2.24, 2.45) is 0 Å². The van der Waals surface area contributed by atoms with E-state index in [-0.39, 0.29) is 12.9 Å². The van der Waals surface area contributed by atoms with Crippen LogP contribution in [0.4, 0.5) is 16.2 Å². The molecule has 3 saturated heterocycles. The summed E-state index contributed by atoms with van der Waals surface area (Å²) in [6, 6.07) is 13.9. The van der Waals surface area contributed by atoms with Gasteiger partial charge in [0.2, 0.25) is 6.79 Å². The van der Waals surface area contributed by atoms with Crippen molar-refractivity contribution in [3.63, 3.8) is 0 Å². The Balaban J connectivity index is 1.11. The van der Waals surface area contributed by atoms with Gasteiger partial charge in [-0.1, -0.05) is 13.3 Å². The Morgan fingerprint density at radius 1 is 1.03 bits per heavy atom. The third-order valence-corrected chi connectivity index (χ3v) is 7.77. The number of rotatable bonds is 8. The number of carbonyl (C=O) groups is 1. The summed E-state index contributed by atoms with van der Waals surface area (Å²) in [6.07, 6.45) is 5.99. The molecule has 1 spiro atoms. The number of likely N-dealkylation sites (tertiary alicyclic amines) is 1. The number of hydrogen-bond donors (Lipinski definition) is 0. The van der Waals surface area contributed by atoms with Crippen LogP contribution in [-0.2, 0) is 27.5 Å². The van der Waals surface area contributed by atoms with Gasteiger partial charge in [-0.05, 0) is 48.4 Å². The molecule has 1 aromatic heterocycles. The Hall–Kier alpha value is -3.27. The number of aryl methyl sites for hydroxylation is 1. The summed E-state index contributed by atoms with van der Waals surface area (Å²) in [7, 11) is 1.72. The summed E-state index contributed by atoms with van der Waals surface area (Å²) >= 11 is 0. The van der Waals surface area contributed by atoms with Crippen molar-refractivity contribution in [2.45, 2.75) is 51.3 Å². The number of anilines is 2. The maximum atomic E-state index is 12.8. The zero-order valence-corrected chi connectivity index (χ0v) is 21.5. The molecule has 37 heavy (non-hydrogen) atoms. The fraction of sp³-hybridized carbons (Fsp3) is 0.464. The summed E-state index contributed by atoms with van der Waals surface area (Å²) in [6.45, 7) is 6.73. The van der Waals surface area contributed by atoms with E-state index < -0.39 is 5.60 Å². The molecule has 9 heteroatoms. The third kappa shape index (κ3) is 4.63. The predicted octanol–water partition coefficient (Wildman–Crippen LogP) is 5.08. The van der Waals surface area contributed by atoms with Crippen molar-refractivity contribution in [3.8, 4) is 5.75 Å². The Labute approximate surface area is 216 Å². The van der Waals surface area contributed by atoms with E-state index in [1.54, 1.807) is 12.0 Å². The quantitative estimate of drug-likeness (QED) is 0.422. The van der Waals surface area contributed by atoms with Crippen LogP contribution in [0.25, 0.3) is 10.9 Å². The number of amides is 1. The number of aromatic nitrogens is 1.